The first-order valence-corrected chi connectivity index (χ1v) is 5.25. The maximum atomic E-state index is 10.9. The monoisotopic (exact) mass is 211 g/mol. The lowest BCUT2D eigenvalue weighted by molar-refractivity contribution is 0.0692. The number of thioether (sulfide) groups is 1. The van der Waals surface area contributed by atoms with Gasteiger partial charge in [-0.2, -0.15) is 11.8 Å². The van der Waals surface area contributed by atoms with Crippen molar-refractivity contribution in [2.24, 2.45) is 0 Å². The topological polar surface area (TPSA) is 59.4 Å². The number of hydrogen-bond donors (Lipinski definition) is 1. The number of methoxy groups -OCH3 is 1. The van der Waals surface area contributed by atoms with Gasteiger partial charge in [0.05, 0.1) is 12.8 Å². The van der Waals surface area contributed by atoms with E-state index >= 15 is 0 Å². The minimum absolute atomic E-state index is 0.147. The number of ether oxygens (including phenoxy) is 1. The van der Waals surface area contributed by atoms with E-state index in [0.29, 0.717) is 0 Å². The Morgan fingerprint density at radius 2 is 2.43 bits per heavy atom. The first-order valence-electron chi connectivity index (χ1n) is 4.10. The molecule has 5 heteroatoms. The molecule has 0 saturated heterocycles. The van der Waals surface area contributed by atoms with Gasteiger partial charge in [-0.15, -0.1) is 0 Å². The van der Waals surface area contributed by atoms with E-state index in [-0.39, 0.29) is 11.4 Å². The van der Waals surface area contributed by atoms with Crippen LogP contribution in [0.3, 0.4) is 0 Å². The Morgan fingerprint density at radius 3 is 3.07 bits per heavy atom. The summed E-state index contributed by atoms with van der Waals surface area (Å²) in [7, 11) is 1.43. The molecule has 14 heavy (non-hydrogen) atoms. The van der Waals surface area contributed by atoms with Crippen molar-refractivity contribution in [3.63, 3.8) is 0 Å². The van der Waals surface area contributed by atoms with Crippen LogP contribution in [-0.2, 0) is 11.5 Å². The molecule has 1 aromatic heterocycles. The average molecular weight is 211 g/mol. The van der Waals surface area contributed by atoms with Crippen molar-refractivity contribution in [1.29, 1.82) is 0 Å². The predicted molar refractivity (Wildman–Crippen MR) is 52.7 cm³/mol. The van der Waals surface area contributed by atoms with E-state index in [1.807, 2.05) is 0 Å². The Morgan fingerprint density at radius 1 is 1.64 bits per heavy atom. The molecule has 0 spiro atoms. The fourth-order valence-corrected chi connectivity index (χ4v) is 2.41. The Labute approximate surface area is 85.3 Å². The SMILES string of the molecule is COc1nc2c(cc1C(=O)O)CSC2. The van der Waals surface area contributed by atoms with E-state index in [1.165, 1.54) is 7.11 Å². The average Bonchev–Trinajstić information content (AvgIpc) is 2.62. The zero-order valence-corrected chi connectivity index (χ0v) is 8.43. The minimum atomic E-state index is -0.992. The van der Waals surface area contributed by atoms with Crippen LogP contribution in [0.15, 0.2) is 6.07 Å². The van der Waals surface area contributed by atoms with Crippen LogP contribution in [0.2, 0.25) is 0 Å². The van der Waals surface area contributed by atoms with Crippen LogP contribution in [0.1, 0.15) is 21.6 Å². The van der Waals surface area contributed by atoms with Crippen LogP contribution in [0.5, 0.6) is 5.88 Å². The lowest BCUT2D eigenvalue weighted by Gasteiger charge is -2.05. The van der Waals surface area contributed by atoms with E-state index < -0.39 is 5.97 Å². The largest absolute Gasteiger partial charge is 0.480 e. The number of carboxylic acids is 1. The predicted octanol–water partition coefficient (Wildman–Crippen LogP) is 1.54. The van der Waals surface area contributed by atoms with Crippen molar-refractivity contribution in [3.8, 4) is 5.88 Å². The highest BCUT2D eigenvalue weighted by Gasteiger charge is 2.20. The van der Waals surface area contributed by atoms with Gasteiger partial charge in [-0.1, -0.05) is 0 Å². The molecule has 0 bridgehead atoms. The number of aromatic nitrogens is 1. The fourth-order valence-electron chi connectivity index (χ4n) is 1.39. The molecule has 4 nitrogen and oxygen atoms in total. The second kappa shape index (κ2) is 3.49. The van der Waals surface area contributed by atoms with Gasteiger partial charge < -0.3 is 9.84 Å². The standard InChI is InChI=1S/C9H9NO3S/c1-13-8-6(9(11)12)2-5-3-14-4-7(5)10-8/h2H,3-4H2,1H3,(H,11,12). The number of fused-ring (bicyclic) bond motifs is 1. The highest BCUT2D eigenvalue weighted by Crippen LogP contribution is 2.31. The smallest absolute Gasteiger partial charge is 0.341 e. The number of pyridine rings is 1. The number of carbonyl (C=O) groups is 1. The zero-order valence-electron chi connectivity index (χ0n) is 7.61. The van der Waals surface area contributed by atoms with Crippen molar-refractivity contribution in [1.82, 2.24) is 4.98 Å². The van der Waals surface area contributed by atoms with E-state index in [4.69, 9.17) is 9.84 Å². The molecule has 0 aliphatic carbocycles. The molecule has 0 atom stereocenters. The van der Waals surface area contributed by atoms with Crippen molar-refractivity contribution in [3.05, 3.63) is 22.9 Å². The summed E-state index contributed by atoms with van der Waals surface area (Å²) in [6, 6.07) is 1.66. The fraction of sp³-hybridized carbons (Fsp3) is 0.333. The van der Waals surface area contributed by atoms with E-state index in [9.17, 15) is 4.79 Å². The molecule has 0 saturated carbocycles. The van der Waals surface area contributed by atoms with E-state index in [0.717, 1.165) is 22.8 Å². The van der Waals surface area contributed by atoms with Crippen LogP contribution in [0, 0.1) is 0 Å². The van der Waals surface area contributed by atoms with Gasteiger partial charge in [-0.3, -0.25) is 0 Å². The van der Waals surface area contributed by atoms with Gasteiger partial charge in [-0.05, 0) is 11.6 Å². The molecule has 2 heterocycles. The third-order valence-corrected chi connectivity index (χ3v) is 3.07. The highest BCUT2D eigenvalue weighted by atomic mass is 32.2. The molecular formula is C9H9NO3S. The summed E-state index contributed by atoms with van der Waals surface area (Å²) in [6.07, 6.45) is 0. The lowest BCUT2D eigenvalue weighted by atomic mass is 10.1. The Kier molecular flexibility index (Phi) is 2.33. The summed E-state index contributed by atoms with van der Waals surface area (Å²) in [5.74, 6) is 0.894. The summed E-state index contributed by atoms with van der Waals surface area (Å²) in [4.78, 5) is 15.0. The molecule has 0 fully saturated rings. The second-order valence-electron chi connectivity index (χ2n) is 2.95. The van der Waals surface area contributed by atoms with E-state index in [2.05, 4.69) is 4.98 Å². The molecule has 2 rings (SSSR count). The second-order valence-corrected chi connectivity index (χ2v) is 3.93. The van der Waals surface area contributed by atoms with Gasteiger partial charge in [-0.25, -0.2) is 9.78 Å². The molecule has 1 aromatic rings. The molecule has 1 aliphatic heterocycles. The van der Waals surface area contributed by atoms with Gasteiger partial charge in [0.1, 0.15) is 5.56 Å². The Bertz CT molecular complexity index is 392. The first kappa shape index (κ1) is 9.33. The molecule has 74 valence electrons. The molecule has 1 aliphatic rings. The summed E-state index contributed by atoms with van der Waals surface area (Å²) in [5.41, 5.74) is 2.10. The molecule has 0 radical (unpaired) electrons. The van der Waals surface area contributed by atoms with Crippen molar-refractivity contribution in [2.45, 2.75) is 11.5 Å². The van der Waals surface area contributed by atoms with Crippen LogP contribution in [0.4, 0.5) is 0 Å². The van der Waals surface area contributed by atoms with Crippen LogP contribution >= 0.6 is 11.8 Å². The number of hydrogen-bond acceptors (Lipinski definition) is 4. The van der Waals surface area contributed by atoms with Crippen molar-refractivity contribution in [2.75, 3.05) is 7.11 Å². The quantitative estimate of drug-likeness (QED) is 0.804. The maximum Gasteiger partial charge on any atom is 0.341 e. The third-order valence-electron chi connectivity index (χ3n) is 2.08. The highest BCUT2D eigenvalue weighted by molar-refractivity contribution is 7.98. The van der Waals surface area contributed by atoms with Crippen LogP contribution < -0.4 is 4.74 Å². The Balaban J connectivity index is 2.54. The molecule has 0 unspecified atom stereocenters. The summed E-state index contributed by atoms with van der Waals surface area (Å²) in [5, 5.41) is 8.90. The molecule has 0 amide bonds. The first-order chi connectivity index (χ1) is 6.72. The number of rotatable bonds is 2. The maximum absolute atomic E-state index is 10.9. The molecular weight excluding hydrogens is 202 g/mol. The van der Waals surface area contributed by atoms with Crippen LogP contribution in [0.25, 0.3) is 0 Å². The number of nitrogens with zero attached hydrogens (tertiary/aromatic N) is 1. The molecule has 0 aromatic carbocycles. The van der Waals surface area contributed by atoms with Crippen molar-refractivity contribution >= 4 is 17.7 Å². The van der Waals surface area contributed by atoms with Gasteiger partial charge >= 0.3 is 5.97 Å². The van der Waals surface area contributed by atoms with Gasteiger partial charge in [0, 0.05) is 11.5 Å². The Hall–Kier alpha value is -1.23. The van der Waals surface area contributed by atoms with Gasteiger partial charge in [0.15, 0.2) is 0 Å². The summed E-state index contributed by atoms with van der Waals surface area (Å²) >= 11 is 1.73. The third kappa shape index (κ3) is 1.43. The van der Waals surface area contributed by atoms with Gasteiger partial charge in [0.25, 0.3) is 0 Å². The summed E-state index contributed by atoms with van der Waals surface area (Å²) < 4.78 is 4.93. The summed E-state index contributed by atoms with van der Waals surface area (Å²) in [6.45, 7) is 0. The van der Waals surface area contributed by atoms with E-state index in [1.54, 1.807) is 17.8 Å². The molecule has 1 N–H and O–H groups in total. The minimum Gasteiger partial charge on any atom is -0.480 e. The number of aromatic carboxylic acids is 1. The normalized spacial score (nSPS) is 13.8. The van der Waals surface area contributed by atoms with Gasteiger partial charge in [0.2, 0.25) is 5.88 Å². The van der Waals surface area contributed by atoms with Crippen LogP contribution in [-0.4, -0.2) is 23.2 Å². The lowest BCUT2D eigenvalue weighted by Crippen LogP contribution is -2.05. The van der Waals surface area contributed by atoms with Crippen molar-refractivity contribution < 1.29 is 14.6 Å². The zero-order chi connectivity index (χ0) is 10.1. The number of carboxylic acid groups (broad SMARTS) is 1.